The third kappa shape index (κ3) is 2.81. The van der Waals surface area contributed by atoms with E-state index in [0.717, 1.165) is 5.16 Å². The van der Waals surface area contributed by atoms with E-state index in [2.05, 4.69) is 26.8 Å². The lowest BCUT2D eigenvalue weighted by Gasteiger charge is -2.18. The summed E-state index contributed by atoms with van der Waals surface area (Å²) in [6, 6.07) is 3.99. The molecule has 2 aromatic rings. The Bertz CT molecular complexity index is 414. The van der Waals surface area contributed by atoms with Crippen LogP contribution in [0.15, 0.2) is 40.4 Å². The maximum absolute atomic E-state index is 6.00. The van der Waals surface area contributed by atoms with Gasteiger partial charge in [-0.2, -0.15) is 11.3 Å². The average molecular weight is 251 g/mol. The predicted octanol–water partition coefficient (Wildman–Crippen LogP) is 2.72. The summed E-state index contributed by atoms with van der Waals surface area (Å²) in [5.41, 5.74) is 7.25. The zero-order valence-electron chi connectivity index (χ0n) is 8.91. The van der Waals surface area contributed by atoms with Crippen LogP contribution in [0.4, 0.5) is 0 Å². The van der Waals surface area contributed by atoms with Crippen molar-refractivity contribution in [3.8, 4) is 0 Å². The van der Waals surface area contributed by atoms with Crippen LogP contribution in [0.1, 0.15) is 17.7 Å². The summed E-state index contributed by atoms with van der Waals surface area (Å²) in [6.07, 6.45) is 3.50. The SMILES string of the molecule is CC(N)C(Sc1ncccn1)c1ccsc1. The Labute approximate surface area is 103 Å². The van der Waals surface area contributed by atoms with Gasteiger partial charge >= 0.3 is 0 Å². The quantitative estimate of drug-likeness (QED) is 0.670. The number of thiophene rings is 1. The molecule has 16 heavy (non-hydrogen) atoms. The van der Waals surface area contributed by atoms with E-state index in [9.17, 15) is 0 Å². The Hall–Kier alpha value is -0.910. The van der Waals surface area contributed by atoms with Crippen molar-refractivity contribution in [2.45, 2.75) is 23.4 Å². The number of nitrogens with zero attached hydrogens (tertiary/aromatic N) is 2. The molecule has 5 heteroatoms. The van der Waals surface area contributed by atoms with Crippen molar-refractivity contribution in [1.29, 1.82) is 0 Å². The summed E-state index contributed by atoms with van der Waals surface area (Å²) in [4.78, 5) is 8.42. The molecule has 3 nitrogen and oxygen atoms in total. The topological polar surface area (TPSA) is 51.8 Å². The average Bonchev–Trinajstić information content (AvgIpc) is 2.80. The van der Waals surface area contributed by atoms with Gasteiger partial charge in [-0.3, -0.25) is 0 Å². The molecule has 0 amide bonds. The van der Waals surface area contributed by atoms with Gasteiger partial charge in [-0.1, -0.05) is 11.8 Å². The fourth-order valence-electron chi connectivity index (χ4n) is 1.38. The molecule has 0 saturated carbocycles. The Morgan fingerprint density at radius 3 is 2.69 bits per heavy atom. The minimum atomic E-state index is 0.0726. The van der Waals surface area contributed by atoms with Gasteiger partial charge in [-0.05, 0) is 35.4 Å². The fraction of sp³-hybridized carbons (Fsp3) is 0.273. The van der Waals surface area contributed by atoms with Gasteiger partial charge in [0, 0.05) is 18.4 Å². The first-order valence-corrected chi connectivity index (χ1v) is 6.81. The van der Waals surface area contributed by atoms with Gasteiger partial charge in [0.15, 0.2) is 5.16 Å². The molecule has 2 rings (SSSR count). The zero-order chi connectivity index (χ0) is 11.4. The Kier molecular flexibility index (Phi) is 3.93. The van der Waals surface area contributed by atoms with E-state index in [1.54, 1.807) is 35.5 Å². The van der Waals surface area contributed by atoms with Crippen molar-refractivity contribution in [2.75, 3.05) is 0 Å². The first-order valence-electron chi connectivity index (χ1n) is 4.98. The van der Waals surface area contributed by atoms with Gasteiger partial charge < -0.3 is 5.73 Å². The number of hydrogen-bond donors (Lipinski definition) is 1. The predicted molar refractivity (Wildman–Crippen MR) is 68.6 cm³/mol. The maximum Gasteiger partial charge on any atom is 0.188 e. The first kappa shape index (κ1) is 11.6. The minimum absolute atomic E-state index is 0.0726. The number of nitrogens with two attached hydrogens (primary N) is 1. The van der Waals surface area contributed by atoms with Gasteiger partial charge in [0.1, 0.15) is 0 Å². The lowest BCUT2D eigenvalue weighted by molar-refractivity contribution is 0.719. The van der Waals surface area contributed by atoms with Crippen LogP contribution in [0.2, 0.25) is 0 Å². The van der Waals surface area contributed by atoms with Crippen molar-refractivity contribution in [3.05, 3.63) is 40.8 Å². The molecule has 0 aliphatic carbocycles. The molecule has 0 bridgehead atoms. The molecule has 0 fully saturated rings. The maximum atomic E-state index is 6.00. The smallest absolute Gasteiger partial charge is 0.188 e. The lowest BCUT2D eigenvalue weighted by Crippen LogP contribution is -2.22. The van der Waals surface area contributed by atoms with Crippen LogP contribution in [0.5, 0.6) is 0 Å². The highest BCUT2D eigenvalue weighted by Crippen LogP contribution is 2.35. The molecule has 0 aliphatic heterocycles. The number of aromatic nitrogens is 2. The number of rotatable bonds is 4. The molecular weight excluding hydrogens is 238 g/mol. The fourth-order valence-corrected chi connectivity index (χ4v) is 3.13. The van der Waals surface area contributed by atoms with E-state index in [1.807, 2.05) is 13.0 Å². The number of hydrogen-bond acceptors (Lipinski definition) is 5. The second-order valence-electron chi connectivity index (χ2n) is 3.49. The molecule has 0 saturated heterocycles. The molecule has 2 unspecified atom stereocenters. The molecule has 84 valence electrons. The highest BCUT2D eigenvalue weighted by atomic mass is 32.2. The van der Waals surface area contributed by atoms with Crippen molar-refractivity contribution >= 4 is 23.1 Å². The molecule has 2 atom stereocenters. The second-order valence-corrected chi connectivity index (χ2v) is 5.37. The van der Waals surface area contributed by atoms with Crippen LogP contribution in [0.3, 0.4) is 0 Å². The van der Waals surface area contributed by atoms with Crippen LogP contribution in [-0.2, 0) is 0 Å². The van der Waals surface area contributed by atoms with E-state index >= 15 is 0 Å². The van der Waals surface area contributed by atoms with Crippen LogP contribution in [0.25, 0.3) is 0 Å². The van der Waals surface area contributed by atoms with Crippen molar-refractivity contribution in [2.24, 2.45) is 5.73 Å². The summed E-state index contributed by atoms with van der Waals surface area (Å²) in [7, 11) is 0. The summed E-state index contributed by atoms with van der Waals surface area (Å²) in [5.74, 6) is 0. The lowest BCUT2D eigenvalue weighted by atomic mass is 10.1. The molecule has 0 aromatic carbocycles. The highest BCUT2D eigenvalue weighted by Gasteiger charge is 2.19. The molecule has 0 aliphatic rings. The monoisotopic (exact) mass is 251 g/mol. The van der Waals surface area contributed by atoms with Gasteiger partial charge in [0.05, 0.1) is 5.25 Å². The summed E-state index contributed by atoms with van der Waals surface area (Å²) in [6.45, 7) is 2.01. The molecule has 2 aromatic heterocycles. The van der Waals surface area contributed by atoms with Gasteiger partial charge in [-0.15, -0.1) is 0 Å². The third-order valence-electron chi connectivity index (χ3n) is 2.12. The van der Waals surface area contributed by atoms with Crippen LogP contribution >= 0.6 is 23.1 Å². The summed E-state index contributed by atoms with van der Waals surface area (Å²) >= 11 is 3.30. The van der Waals surface area contributed by atoms with Gasteiger partial charge in [0.2, 0.25) is 0 Å². The van der Waals surface area contributed by atoms with Gasteiger partial charge in [0.25, 0.3) is 0 Å². The van der Waals surface area contributed by atoms with Crippen LogP contribution < -0.4 is 5.73 Å². The molecule has 0 spiro atoms. The normalized spacial score (nSPS) is 14.6. The van der Waals surface area contributed by atoms with E-state index in [-0.39, 0.29) is 11.3 Å². The van der Waals surface area contributed by atoms with Gasteiger partial charge in [-0.25, -0.2) is 9.97 Å². The highest BCUT2D eigenvalue weighted by molar-refractivity contribution is 7.99. The van der Waals surface area contributed by atoms with Crippen molar-refractivity contribution < 1.29 is 0 Å². The summed E-state index contributed by atoms with van der Waals surface area (Å²) in [5, 5.41) is 5.19. The zero-order valence-corrected chi connectivity index (χ0v) is 10.5. The van der Waals surface area contributed by atoms with Crippen LogP contribution in [0, 0.1) is 0 Å². The third-order valence-corrected chi connectivity index (χ3v) is 4.20. The molecule has 0 radical (unpaired) electrons. The van der Waals surface area contributed by atoms with E-state index in [1.165, 1.54) is 5.56 Å². The Morgan fingerprint density at radius 2 is 2.12 bits per heavy atom. The van der Waals surface area contributed by atoms with Crippen molar-refractivity contribution in [1.82, 2.24) is 9.97 Å². The minimum Gasteiger partial charge on any atom is -0.327 e. The van der Waals surface area contributed by atoms with E-state index in [4.69, 9.17) is 5.73 Å². The summed E-state index contributed by atoms with van der Waals surface area (Å²) < 4.78 is 0. The Balaban J connectivity index is 2.16. The second kappa shape index (κ2) is 5.43. The standard InChI is InChI=1S/C11H13N3S2/c1-8(12)10(9-3-6-15-7-9)16-11-13-4-2-5-14-11/h2-8,10H,12H2,1H3. The Morgan fingerprint density at radius 1 is 1.38 bits per heavy atom. The molecule has 2 heterocycles. The first-order chi connectivity index (χ1) is 7.77. The van der Waals surface area contributed by atoms with E-state index < -0.39 is 0 Å². The number of thioether (sulfide) groups is 1. The van der Waals surface area contributed by atoms with E-state index in [0.29, 0.717) is 0 Å². The molecular formula is C11H13N3S2. The van der Waals surface area contributed by atoms with Crippen LogP contribution in [-0.4, -0.2) is 16.0 Å². The molecule has 2 N–H and O–H groups in total. The van der Waals surface area contributed by atoms with Crippen molar-refractivity contribution in [3.63, 3.8) is 0 Å². The largest absolute Gasteiger partial charge is 0.327 e.